The van der Waals surface area contributed by atoms with Crippen molar-refractivity contribution in [2.45, 2.75) is 256 Å². The molecular weight excluding hydrogens is 1770 g/mol. The Bertz CT molecular complexity index is 6300. The van der Waals surface area contributed by atoms with Gasteiger partial charge in [0.2, 0.25) is 0 Å². The fourth-order valence-electron chi connectivity index (χ4n) is 17.1. The SMILES string of the molecule is CCCNC(=O)c1c(F)c(Cl)cc(C(C)c2nc(C)c3c(N)nccn23)c1OC(C)C.Cc1nc(C(C)c2cc(Cl)c(F)c(C(=O)N3C(C)CCCC3C)c2OC(C)C)n2ccnc(N)c12.Cc1nc(C(C)c2cc(Cl)c(F)c(C(=O)NC3CC(C)C3)c2OC(C)C)n2ccnc(N)c12.Cc1nc(C(C)c2cc(Cl)c(F)c(C(=O)NCC3CC3)c2OC(C)C)n2ccnc(N)c12. The smallest absolute Gasteiger partial charge is 0.261 e. The highest BCUT2D eigenvalue weighted by atomic mass is 35.5. The molecule has 4 amide bonds. The van der Waals surface area contributed by atoms with E-state index in [0.717, 1.165) is 62.0 Å². The monoisotopic (exact) mass is 1880 g/mol. The zero-order chi connectivity index (χ0) is 95.6. The van der Waals surface area contributed by atoms with E-state index in [0.29, 0.717) is 128 Å². The number of nitrogens with zero attached hydrogens (tertiary/aromatic N) is 13. The van der Waals surface area contributed by atoms with Crippen LogP contribution in [-0.2, 0) is 0 Å². The van der Waals surface area contributed by atoms with Gasteiger partial charge in [-0.3, -0.25) is 36.8 Å². The number of amides is 4. The van der Waals surface area contributed by atoms with Crippen LogP contribution in [0.25, 0.3) is 22.1 Å². The maximum absolute atomic E-state index is 15.6. The summed E-state index contributed by atoms with van der Waals surface area (Å²) in [5.74, 6) is -0.839. The summed E-state index contributed by atoms with van der Waals surface area (Å²) >= 11 is 25.2. The van der Waals surface area contributed by atoms with Crippen LogP contribution in [0.3, 0.4) is 0 Å². The Hall–Kier alpha value is -11.5. The molecule has 4 aromatic carbocycles. The van der Waals surface area contributed by atoms with E-state index in [4.69, 9.17) is 103 Å². The lowest BCUT2D eigenvalue weighted by Crippen LogP contribution is -2.48. The van der Waals surface area contributed by atoms with Gasteiger partial charge in [-0.15, -0.1) is 0 Å². The van der Waals surface area contributed by atoms with Crippen LogP contribution < -0.4 is 57.8 Å². The second-order valence-corrected chi connectivity index (χ2v) is 36.9. The molecule has 2 saturated carbocycles. The van der Waals surface area contributed by atoms with Gasteiger partial charge >= 0.3 is 0 Å². The van der Waals surface area contributed by atoms with Crippen molar-refractivity contribution in [2.75, 3.05) is 36.0 Å². The first-order valence-electron chi connectivity index (χ1n) is 44.3. The van der Waals surface area contributed by atoms with Crippen LogP contribution in [0.2, 0.25) is 20.1 Å². The topological polar surface area (TPSA) is 369 Å². The van der Waals surface area contributed by atoms with Gasteiger partial charge in [-0.2, -0.15) is 0 Å². The number of carbonyl (C=O) groups is 4. The number of rotatable bonds is 25. The van der Waals surface area contributed by atoms with E-state index < -0.39 is 46.9 Å². The third kappa shape index (κ3) is 20.7. The largest absolute Gasteiger partial charge is 0.490 e. The predicted molar refractivity (Wildman–Crippen MR) is 504 cm³/mol. The lowest BCUT2D eigenvalue weighted by molar-refractivity contribution is 0.0499. The van der Waals surface area contributed by atoms with E-state index in [-0.39, 0.29) is 132 Å². The molecule has 8 aromatic heterocycles. The van der Waals surface area contributed by atoms with Crippen molar-refractivity contribution in [3.8, 4) is 23.0 Å². The van der Waals surface area contributed by atoms with Crippen molar-refractivity contribution in [2.24, 2.45) is 11.8 Å². The van der Waals surface area contributed by atoms with Crippen molar-refractivity contribution in [3.63, 3.8) is 0 Å². The Labute approximate surface area is 779 Å². The van der Waals surface area contributed by atoms with E-state index >= 15 is 17.6 Å². The number of anilines is 4. The summed E-state index contributed by atoms with van der Waals surface area (Å²) in [6.45, 7) is 38.7. The number of halogens is 8. The molecule has 3 fully saturated rings. The maximum atomic E-state index is 15.6. The van der Waals surface area contributed by atoms with E-state index in [1.807, 2.05) is 149 Å². The number of carbonyl (C=O) groups excluding carboxylic acids is 4. The molecule has 6 unspecified atom stereocenters. The van der Waals surface area contributed by atoms with Gasteiger partial charge in [-0.1, -0.05) is 87.9 Å². The van der Waals surface area contributed by atoms with Crippen molar-refractivity contribution < 1.29 is 55.7 Å². The molecule has 1 aliphatic heterocycles. The number of fused-ring (bicyclic) bond motifs is 4. The molecule has 0 spiro atoms. The summed E-state index contributed by atoms with van der Waals surface area (Å²) in [6.07, 6.45) is 19.7. The first-order valence-corrected chi connectivity index (χ1v) is 45.8. The van der Waals surface area contributed by atoms with Gasteiger partial charge in [0.25, 0.3) is 23.6 Å². The minimum Gasteiger partial charge on any atom is -0.490 e. The predicted octanol–water partition coefficient (Wildman–Crippen LogP) is 19.6. The highest BCUT2D eigenvalue weighted by molar-refractivity contribution is 6.32. The van der Waals surface area contributed by atoms with Gasteiger partial charge in [0.15, 0.2) is 23.3 Å². The lowest BCUT2D eigenvalue weighted by atomic mass is 9.81. The van der Waals surface area contributed by atoms with Crippen molar-refractivity contribution in [1.82, 2.24) is 78.3 Å². The highest BCUT2D eigenvalue weighted by Gasteiger charge is 2.40. The number of aromatic nitrogens is 12. The second-order valence-electron chi connectivity index (χ2n) is 35.3. The van der Waals surface area contributed by atoms with E-state index in [9.17, 15) is 19.2 Å². The maximum Gasteiger partial charge on any atom is 0.261 e. The number of hydrogen-bond acceptors (Lipinski definition) is 20. The van der Waals surface area contributed by atoms with Crippen molar-refractivity contribution >= 4 is 115 Å². The van der Waals surface area contributed by atoms with Crippen molar-refractivity contribution in [3.05, 3.63) is 208 Å². The number of hydrogen-bond donors (Lipinski definition) is 7. The zero-order valence-electron chi connectivity index (χ0n) is 77.4. The van der Waals surface area contributed by atoms with Gasteiger partial charge in [0.05, 0.1) is 67.3 Å². The number of benzene rings is 4. The molecule has 11 N–H and O–H groups in total. The van der Waals surface area contributed by atoms with E-state index in [2.05, 4.69) is 47.8 Å². The Morgan fingerprint density at radius 3 is 1.00 bits per heavy atom. The Morgan fingerprint density at radius 1 is 0.435 bits per heavy atom. The summed E-state index contributed by atoms with van der Waals surface area (Å²) in [5.41, 5.74) is 31.6. The number of aryl methyl sites for hydroxylation is 4. The molecule has 700 valence electrons. The van der Waals surface area contributed by atoms with Gasteiger partial charge in [-0.05, 0) is 184 Å². The number of ether oxygens (including phenoxy) is 4. The Balaban J connectivity index is 0.000000158. The number of likely N-dealkylation sites (tertiary alicyclic amines) is 1. The minimum absolute atomic E-state index is 0.00762. The van der Waals surface area contributed by atoms with Crippen LogP contribution >= 0.6 is 46.4 Å². The molecule has 3 aliphatic rings. The summed E-state index contributed by atoms with van der Waals surface area (Å²) in [6, 6.07) is 6.07. The summed E-state index contributed by atoms with van der Waals surface area (Å²) in [5, 5.41) is 7.91. The quantitative estimate of drug-likeness (QED) is 0.0261. The van der Waals surface area contributed by atoms with Crippen LogP contribution in [-0.4, -0.2) is 142 Å². The first-order chi connectivity index (χ1) is 62.0. The number of nitrogens with one attached hydrogen (secondary N) is 3. The Morgan fingerprint density at radius 2 is 0.718 bits per heavy atom. The number of piperidine rings is 1. The third-order valence-corrected chi connectivity index (χ3v) is 24.7. The van der Waals surface area contributed by atoms with Crippen LogP contribution in [0.1, 0.15) is 296 Å². The lowest BCUT2D eigenvalue weighted by Gasteiger charge is -2.39. The standard InChI is InChI=1S/C26H33ClFN5O2.C24H29ClFN5O2.C23H27ClFN5O2.C22H27ClFN5O2/c1-13(2)35-23-18(16(5)25-31-17(6)22-24(29)30-10-11-32(22)25)12-19(27)21(28)20(23)26(34)33-14(3)8-7-9-15(33)4;1-11(2)33-21-16(13(4)23-29-14(5)20-22(27)28-6-7-31(20)23)10-17(25)19(26)18(21)24(32)30-15-8-12(3)9-15;1-11(2)32-20-15(9-16(24)18(25)17(20)23(31)28-10-14-5-6-14)12(3)22-29-13(4)19-21(26)27-7-8-30(19)22;1-6-7-27-22(30)16-17(24)15(23)10-14(19(16)31-11(2)3)12(4)21-28-13(5)18-20(25)26-8-9-29(18)21/h10-16H,7-9H2,1-6H3,(H2,29,30);6-7,10-13,15H,8-9H2,1-5H3,(H2,27,28)(H,30,32);7-9,11-12,14H,5-6,10H2,1-4H3,(H2,26,27)(H,28,31);8-12H,6-7H2,1-5H3,(H2,25,26)(H,27,30). The molecule has 6 atom stereocenters. The summed E-state index contributed by atoms with van der Waals surface area (Å²) < 4.78 is 92.6. The van der Waals surface area contributed by atoms with Crippen LogP contribution in [0, 0.1) is 62.8 Å². The molecule has 36 heteroatoms. The average molecular weight is 1880 g/mol. The van der Waals surface area contributed by atoms with Gasteiger partial charge in [-0.25, -0.2) is 57.4 Å². The zero-order valence-corrected chi connectivity index (χ0v) is 80.4. The number of nitrogens with two attached hydrogens (primary N) is 4. The molecule has 0 radical (unpaired) electrons. The highest BCUT2D eigenvalue weighted by Crippen LogP contribution is 2.47. The molecule has 9 heterocycles. The molecule has 131 heavy (non-hydrogen) atoms. The van der Waals surface area contributed by atoms with Gasteiger partial charge < -0.3 is 62.7 Å². The van der Waals surface area contributed by atoms with Crippen LogP contribution in [0.4, 0.5) is 40.8 Å². The van der Waals surface area contributed by atoms with Crippen molar-refractivity contribution in [1.29, 1.82) is 0 Å². The fourth-order valence-corrected chi connectivity index (χ4v) is 18.0. The van der Waals surface area contributed by atoms with Gasteiger partial charge in [0.1, 0.15) is 114 Å². The Kier molecular flexibility index (Phi) is 30.9. The van der Waals surface area contributed by atoms with Crippen LogP contribution in [0.15, 0.2) is 73.8 Å². The fraction of sp³-hybridized carbons (Fsp3) is 0.453. The first kappa shape index (κ1) is 98.6. The molecule has 12 aromatic rings. The summed E-state index contributed by atoms with van der Waals surface area (Å²) in [7, 11) is 0. The summed E-state index contributed by atoms with van der Waals surface area (Å²) in [4.78, 5) is 90.0. The van der Waals surface area contributed by atoms with Gasteiger partial charge in [0, 0.05) is 127 Å². The molecule has 1 saturated heterocycles. The molecule has 28 nitrogen and oxygen atoms in total. The normalized spacial score (nSPS) is 16.5. The number of imidazole rings is 4. The molecule has 0 bridgehead atoms. The molecule has 15 rings (SSSR count). The molecule has 2 aliphatic carbocycles. The van der Waals surface area contributed by atoms with E-state index in [1.54, 1.807) is 60.5 Å². The minimum atomic E-state index is -0.806. The molecular formula is C95H116Cl4F4N20O8. The van der Waals surface area contributed by atoms with Crippen LogP contribution in [0.5, 0.6) is 23.0 Å². The third-order valence-electron chi connectivity index (χ3n) is 23.6. The second kappa shape index (κ2) is 41.1. The average Bonchev–Trinajstić information content (AvgIpc) is 1.74. The number of nitrogen functional groups attached to an aromatic ring is 4. The van der Waals surface area contributed by atoms with E-state index in [1.165, 1.54) is 18.2 Å².